The predicted octanol–water partition coefficient (Wildman–Crippen LogP) is 7.12. The number of hydrogen-bond acceptors (Lipinski definition) is 4. The van der Waals surface area contributed by atoms with Gasteiger partial charge in [0.2, 0.25) is 0 Å². The molecule has 1 fully saturated rings. The maximum Gasteiger partial charge on any atom is 0.271 e. The molecular weight excluding hydrogens is 451 g/mol. The minimum Gasteiger partial charge on any atom is -0.507 e. The number of aromatic hydroxyl groups is 1. The molecule has 31 heavy (non-hydrogen) atoms. The Balaban J connectivity index is 1.82. The number of hydrogen-bond donors (Lipinski definition) is 1. The molecule has 1 aliphatic rings. The Hall–Kier alpha value is -2.73. The fourth-order valence-electron chi connectivity index (χ4n) is 3.01. The molecule has 1 heterocycles. The first-order chi connectivity index (χ1) is 14.8. The molecule has 156 valence electrons. The second-order valence-electron chi connectivity index (χ2n) is 7.07. The number of carbonyl (C=O) groups is 1. The van der Waals surface area contributed by atoms with Crippen LogP contribution in [0.2, 0.25) is 10.0 Å². The highest BCUT2D eigenvalue weighted by Crippen LogP contribution is 2.39. The molecule has 0 aromatic heterocycles. The molecule has 0 aliphatic carbocycles. The van der Waals surface area contributed by atoms with Crippen molar-refractivity contribution < 1.29 is 9.90 Å². The molecule has 0 radical (unpaired) electrons. The fraction of sp³-hybridized carbons (Fsp3) is 0.0833. The molecule has 0 unspecified atom stereocenters. The zero-order valence-electron chi connectivity index (χ0n) is 16.8. The summed E-state index contributed by atoms with van der Waals surface area (Å²) in [6.07, 6.45) is 1.66. The molecular formula is C24H18Cl2N2O2S. The van der Waals surface area contributed by atoms with Crippen LogP contribution in [0.3, 0.4) is 0 Å². The van der Waals surface area contributed by atoms with Crippen LogP contribution in [0.15, 0.2) is 70.6 Å². The molecule has 0 atom stereocenters. The van der Waals surface area contributed by atoms with Crippen molar-refractivity contribution in [2.75, 3.05) is 4.90 Å². The molecule has 1 N–H and O–H groups in total. The summed E-state index contributed by atoms with van der Waals surface area (Å²) in [5.74, 6) is -0.144. The first-order valence-electron chi connectivity index (χ1n) is 9.46. The van der Waals surface area contributed by atoms with Crippen LogP contribution in [-0.4, -0.2) is 16.2 Å². The van der Waals surface area contributed by atoms with Gasteiger partial charge in [-0.1, -0.05) is 53.5 Å². The van der Waals surface area contributed by atoms with Crippen LogP contribution >= 0.6 is 35.0 Å². The third-order valence-electron chi connectivity index (χ3n) is 4.82. The van der Waals surface area contributed by atoms with Gasteiger partial charge in [0.1, 0.15) is 5.75 Å². The Labute approximate surface area is 194 Å². The number of carbonyl (C=O) groups excluding carboxylic acids is 1. The standard InChI is InChI=1S/C24H18Cl2N2O2S/c1-14-7-9-17(12-19(14)25)27-24-28(18-10-8-15(2)20(26)13-18)23(30)22(31-24)11-16-5-3-4-6-21(16)29/h3-13,29H,1-2H3/b22-11+,27-24?. The van der Waals surface area contributed by atoms with E-state index in [4.69, 9.17) is 23.2 Å². The number of aryl methyl sites for hydroxylation is 2. The number of halogens is 2. The van der Waals surface area contributed by atoms with Crippen LogP contribution < -0.4 is 4.90 Å². The van der Waals surface area contributed by atoms with Crippen LogP contribution in [0, 0.1) is 13.8 Å². The molecule has 4 rings (SSSR count). The summed E-state index contributed by atoms with van der Waals surface area (Å²) in [5.41, 5.74) is 3.67. The fourth-order valence-corrected chi connectivity index (χ4v) is 4.35. The average molecular weight is 469 g/mol. The number of aliphatic imine (C=N–C) groups is 1. The number of amidine groups is 1. The third-order valence-corrected chi connectivity index (χ3v) is 6.61. The van der Waals surface area contributed by atoms with E-state index in [1.165, 1.54) is 16.7 Å². The van der Waals surface area contributed by atoms with Crippen LogP contribution in [0.5, 0.6) is 5.75 Å². The molecule has 0 saturated carbocycles. The van der Waals surface area contributed by atoms with Gasteiger partial charge in [-0.15, -0.1) is 0 Å². The summed E-state index contributed by atoms with van der Waals surface area (Å²) in [4.78, 5) is 20.0. The minimum absolute atomic E-state index is 0.101. The van der Waals surface area contributed by atoms with Crippen LogP contribution in [-0.2, 0) is 4.79 Å². The Kier molecular flexibility index (Phi) is 6.10. The van der Waals surface area contributed by atoms with Crippen molar-refractivity contribution in [2.45, 2.75) is 13.8 Å². The van der Waals surface area contributed by atoms with Crippen molar-refractivity contribution >= 4 is 63.5 Å². The highest BCUT2D eigenvalue weighted by Gasteiger charge is 2.35. The number of thioether (sulfide) groups is 1. The monoisotopic (exact) mass is 468 g/mol. The van der Waals surface area contributed by atoms with E-state index >= 15 is 0 Å². The third kappa shape index (κ3) is 4.49. The topological polar surface area (TPSA) is 52.9 Å². The molecule has 0 bridgehead atoms. The number of phenols is 1. The predicted molar refractivity (Wildman–Crippen MR) is 131 cm³/mol. The average Bonchev–Trinajstić information content (AvgIpc) is 3.03. The molecule has 3 aromatic carbocycles. The van der Waals surface area contributed by atoms with Crippen molar-refractivity contribution in [3.8, 4) is 5.75 Å². The Morgan fingerprint density at radius 3 is 2.32 bits per heavy atom. The molecule has 1 aliphatic heterocycles. The van der Waals surface area contributed by atoms with E-state index < -0.39 is 0 Å². The molecule has 0 spiro atoms. The minimum atomic E-state index is -0.245. The van der Waals surface area contributed by atoms with E-state index in [1.807, 2.05) is 38.1 Å². The summed E-state index contributed by atoms with van der Waals surface area (Å²) in [7, 11) is 0. The molecule has 1 amide bonds. The number of benzene rings is 3. The number of phenolic OH excluding ortho intramolecular Hbond substituents is 1. The van der Waals surface area contributed by atoms with E-state index in [2.05, 4.69) is 4.99 Å². The first kappa shape index (κ1) is 21.5. The Morgan fingerprint density at radius 1 is 0.968 bits per heavy atom. The summed E-state index contributed by atoms with van der Waals surface area (Å²) in [5, 5.41) is 11.8. The van der Waals surface area contributed by atoms with E-state index in [1.54, 1.807) is 42.5 Å². The quantitative estimate of drug-likeness (QED) is 0.416. The second kappa shape index (κ2) is 8.79. The Morgan fingerprint density at radius 2 is 1.65 bits per heavy atom. The molecule has 4 nitrogen and oxygen atoms in total. The van der Waals surface area contributed by atoms with Gasteiger partial charge < -0.3 is 5.11 Å². The van der Waals surface area contributed by atoms with E-state index in [0.29, 0.717) is 37.1 Å². The Bertz CT molecular complexity index is 1250. The number of anilines is 1. The van der Waals surface area contributed by atoms with Gasteiger partial charge in [-0.05, 0) is 73.1 Å². The second-order valence-corrected chi connectivity index (χ2v) is 8.89. The maximum absolute atomic E-state index is 13.3. The summed E-state index contributed by atoms with van der Waals surface area (Å²) in [6, 6.07) is 17.8. The van der Waals surface area contributed by atoms with Crippen LogP contribution in [0.25, 0.3) is 6.08 Å². The summed E-state index contributed by atoms with van der Waals surface area (Å²) < 4.78 is 0. The van der Waals surface area contributed by atoms with Gasteiger partial charge in [0.05, 0.1) is 16.3 Å². The maximum atomic E-state index is 13.3. The van der Waals surface area contributed by atoms with Gasteiger partial charge in [-0.25, -0.2) is 4.99 Å². The van der Waals surface area contributed by atoms with E-state index in [0.717, 1.165) is 11.1 Å². The van der Waals surface area contributed by atoms with Gasteiger partial charge in [-0.3, -0.25) is 9.69 Å². The highest BCUT2D eigenvalue weighted by atomic mass is 35.5. The summed E-state index contributed by atoms with van der Waals surface area (Å²) in [6.45, 7) is 3.82. The first-order valence-corrected chi connectivity index (χ1v) is 11.0. The van der Waals surface area contributed by atoms with Crippen molar-refractivity contribution in [1.29, 1.82) is 0 Å². The van der Waals surface area contributed by atoms with Gasteiger partial charge in [0.25, 0.3) is 5.91 Å². The van der Waals surface area contributed by atoms with Gasteiger partial charge in [-0.2, -0.15) is 0 Å². The van der Waals surface area contributed by atoms with Crippen molar-refractivity contribution in [2.24, 2.45) is 4.99 Å². The largest absolute Gasteiger partial charge is 0.507 e. The lowest BCUT2D eigenvalue weighted by Gasteiger charge is -2.16. The number of rotatable bonds is 3. The number of nitrogens with zero attached hydrogens (tertiary/aromatic N) is 2. The lowest BCUT2D eigenvalue weighted by atomic mass is 10.2. The smallest absolute Gasteiger partial charge is 0.271 e. The van der Waals surface area contributed by atoms with Gasteiger partial charge >= 0.3 is 0 Å². The van der Waals surface area contributed by atoms with E-state index in [9.17, 15) is 9.90 Å². The van der Waals surface area contributed by atoms with E-state index in [-0.39, 0.29) is 11.7 Å². The SMILES string of the molecule is Cc1ccc(N=C2S/C(=C/c3ccccc3O)C(=O)N2c2ccc(C)c(Cl)c2)cc1Cl. The van der Waals surface area contributed by atoms with Crippen molar-refractivity contribution in [3.63, 3.8) is 0 Å². The van der Waals surface area contributed by atoms with Gasteiger partial charge in [0, 0.05) is 15.6 Å². The van der Waals surface area contributed by atoms with Crippen LogP contribution in [0.4, 0.5) is 11.4 Å². The molecule has 3 aromatic rings. The zero-order chi connectivity index (χ0) is 22.1. The van der Waals surface area contributed by atoms with Crippen molar-refractivity contribution in [1.82, 2.24) is 0 Å². The van der Waals surface area contributed by atoms with Gasteiger partial charge in [0.15, 0.2) is 5.17 Å². The van der Waals surface area contributed by atoms with Crippen molar-refractivity contribution in [3.05, 3.63) is 92.3 Å². The lowest BCUT2D eigenvalue weighted by Crippen LogP contribution is -2.28. The normalized spacial score (nSPS) is 16.5. The summed E-state index contributed by atoms with van der Waals surface area (Å²) >= 11 is 13.8. The molecule has 7 heteroatoms. The van der Waals surface area contributed by atoms with Crippen LogP contribution in [0.1, 0.15) is 16.7 Å². The zero-order valence-corrected chi connectivity index (χ0v) is 19.1. The lowest BCUT2D eigenvalue weighted by molar-refractivity contribution is -0.113. The number of para-hydroxylation sites is 1. The molecule has 1 saturated heterocycles. The number of amides is 1. The highest BCUT2D eigenvalue weighted by molar-refractivity contribution is 8.19.